The number of hydrogen-bond acceptors (Lipinski definition) is 5. The zero-order chi connectivity index (χ0) is 22.7. The van der Waals surface area contributed by atoms with Crippen LogP contribution in [-0.2, 0) is 16.1 Å². The third-order valence-corrected chi connectivity index (χ3v) is 4.66. The fraction of sp³-hybridized carbons (Fsp3) is 0.571. The van der Waals surface area contributed by atoms with E-state index < -0.39 is 0 Å². The van der Waals surface area contributed by atoms with E-state index in [0.29, 0.717) is 19.4 Å². The molecule has 0 saturated carbocycles. The van der Waals surface area contributed by atoms with Crippen LogP contribution >= 0.6 is 0 Å². The number of unbranched alkanes of at least 4 members (excludes halogenated alkanes) is 1. The van der Waals surface area contributed by atoms with Crippen LogP contribution in [0, 0.1) is 5.41 Å². The van der Waals surface area contributed by atoms with Crippen molar-refractivity contribution in [3.63, 3.8) is 0 Å². The SMILES string of the molecule is CC(C)N(C(C)C)[C@H](CCCCN(N=C(N)N)C(=N)N)C(=O)OCc1ccccc1. The second-order valence-corrected chi connectivity index (χ2v) is 7.77. The summed E-state index contributed by atoms with van der Waals surface area (Å²) in [6.07, 6.45) is 2.02. The first kappa shape index (κ1) is 25.2. The summed E-state index contributed by atoms with van der Waals surface area (Å²) in [6.45, 7) is 8.95. The number of hydrogen-bond donors (Lipinski definition) is 4. The standard InChI is InChI=1S/C21H37N7O2/c1-15(2)28(16(3)4)18(19(29)30-14-17-10-6-5-7-11-17)12-8-9-13-27(21(24)25)26-20(22)23/h5-7,10-11,15-16,18H,8-9,12-14H2,1-4H3,(H3,24,25)(H4,22,23,26)/t18-/m1/s1. The van der Waals surface area contributed by atoms with E-state index in [2.05, 4.69) is 37.7 Å². The molecule has 9 nitrogen and oxygen atoms in total. The summed E-state index contributed by atoms with van der Waals surface area (Å²) < 4.78 is 5.64. The van der Waals surface area contributed by atoms with Crippen LogP contribution < -0.4 is 17.2 Å². The van der Waals surface area contributed by atoms with Gasteiger partial charge in [-0.1, -0.05) is 30.3 Å². The Hall–Kier alpha value is -2.81. The number of esters is 1. The number of benzene rings is 1. The first-order chi connectivity index (χ1) is 14.1. The van der Waals surface area contributed by atoms with Crippen LogP contribution in [0.25, 0.3) is 0 Å². The molecule has 0 amide bonds. The minimum Gasteiger partial charge on any atom is -0.460 e. The minimum atomic E-state index is -0.359. The van der Waals surface area contributed by atoms with E-state index in [1.54, 1.807) is 0 Å². The Kier molecular flexibility index (Phi) is 10.7. The van der Waals surface area contributed by atoms with Gasteiger partial charge in [0.05, 0.1) is 0 Å². The first-order valence-electron chi connectivity index (χ1n) is 10.3. The average Bonchev–Trinajstić information content (AvgIpc) is 2.67. The van der Waals surface area contributed by atoms with Gasteiger partial charge in [-0.3, -0.25) is 15.1 Å². The van der Waals surface area contributed by atoms with Gasteiger partial charge in [0.2, 0.25) is 11.9 Å². The van der Waals surface area contributed by atoms with E-state index >= 15 is 0 Å². The van der Waals surface area contributed by atoms with E-state index in [1.807, 2.05) is 30.3 Å². The second kappa shape index (κ2) is 12.7. The molecule has 0 unspecified atom stereocenters. The number of guanidine groups is 2. The lowest BCUT2D eigenvalue weighted by Crippen LogP contribution is -2.49. The van der Waals surface area contributed by atoms with Crippen LogP contribution in [0.3, 0.4) is 0 Å². The largest absolute Gasteiger partial charge is 0.460 e. The number of nitrogens with zero attached hydrogens (tertiary/aromatic N) is 3. The van der Waals surface area contributed by atoms with Crippen molar-refractivity contribution >= 4 is 17.9 Å². The molecule has 0 aliphatic heterocycles. The monoisotopic (exact) mass is 419 g/mol. The highest BCUT2D eigenvalue weighted by atomic mass is 16.5. The number of rotatable bonds is 12. The second-order valence-electron chi connectivity index (χ2n) is 7.77. The van der Waals surface area contributed by atoms with E-state index in [4.69, 9.17) is 27.3 Å². The van der Waals surface area contributed by atoms with E-state index in [0.717, 1.165) is 12.0 Å². The van der Waals surface area contributed by atoms with Gasteiger partial charge in [-0.15, -0.1) is 5.10 Å². The molecule has 0 aromatic heterocycles. The van der Waals surface area contributed by atoms with Crippen molar-refractivity contribution in [2.45, 2.75) is 71.7 Å². The predicted octanol–water partition coefficient (Wildman–Crippen LogP) is 1.77. The molecule has 30 heavy (non-hydrogen) atoms. The van der Waals surface area contributed by atoms with Crippen molar-refractivity contribution < 1.29 is 9.53 Å². The Bertz CT molecular complexity index is 680. The fourth-order valence-electron chi connectivity index (χ4n) is 3.49. The van der Waals surface area contributed by atoms with Gasteiger partial charge in [-0.25, -0.2) is 5.01 Å². The topological polar surface area (TPSA) is 147 Å². The molecule has 0 bridgehead atoms. The molecule has 1 aromatic carbocycles. The van der Waals surface area contributed by atoms with Crippen molar-refractivity contribution in [1.29, 1.82) is 5.41 Å². The average molecular weight is 420 g/mol. The summed E-state index contributed by atoms with van der Waals surface area (Å²) in [7, 11) is 0. The van der Waals surface area contributed by atoms with Gasteiger partial charge in [0, 0.05) is 18.6 Å². The highest BCUT2D eigenvalue weighted by Crippen LogP contribution is 2.19. The maximum atomic E-state index is 13.0. The Morgan fingerprint density at radius 1 is 1.07 bits per heavy atom. The molecule has 1 aromatic rings. The van der Waals surface area contributed by atoms with Gasteiger partial charge < -0.3 is 21.9 Å². The van der Waals surface area contributed by atoms with Gasteiger partial charge in [0.1, 0.15) is 12.6 Å². The number of ether oxygens (including phenoxy) is 1. The third-order valence-electron chi connectivity index (χ3n) is 4.66. The van der Waals surface area contributed by atoms with Crippen molar-refractivity contribution in [2.75, 3.05) is 6.54 Å². The smallest absolute Gasteiger partial charge is 0.323 e. The van der Waals surface area contributed by atoms with Crippen molar-refractivity contribution in [3.05, 3.63) is 35.9 Å². The lowest BCUT2D eigenvalue weighted by atomic mass is 10.0. The lowest BCUT2D eigenvalue weighted by molar-refractivity contribution is -0.153. The van der Waals surface area contributed by atoms with E-state index in [-0.39, 0.29) is 42.6 Å². The number of nitrogens with one attached hydrogen (secondary N) is 1. The number of nitrogens with two attached hydrogens (primary N) is 3. The van der Waals surface area contributed by atoms with Crippen LogP contribution in [0.2, 0.25) is 0 Å². The minimum absolute atomic E-state index is 0.154. The van der Waals surface area contributed by atoms with Gasteiger partial charge in [0.25, 0.3) is 0 Å². The number of hydrazone groups is 1. The molecule has 0 radical (unpaired) electrons. The Balaban J connectivity index is 2.77. The van der Waals surface area contributed by atoms with E-state index in [1.165, 1.54) is 5.01 Å². The molecule has 0 aliphatic carbocycles. The molecule has 0 spiro atoms. The molecule has 0 fully saturated rings. The van der Waals surface area contributed by atoms with Crippen LogP contribution in [-0.4, -0.2) is 52.5 Å². The highest BCUT2D eigenvalue weighted by Gasteiger charge is 2.30. The fourth-order valence-corrected chi connectivity index (χ4v) is 3.49. The maximum absolute atomic E-state index is 13.0. The molecule has 7 N–H and O–H groups in total. The van der Waals surface area contributed by atoms with Gasteiger partial charge >= 0.3 is 5.97 Å². The third kappa shape index (κ3) is 8.69. The molecule has 0 aliphatic rings. The normalized spacial score (nSPS) is 12.1. The van der Waals surface area contributed by atoms with Crippen molar-refractivity contribution in [1.82, 2.24) is 9.91 Å². The maximum Gasteiger partial charge on any atom is 0.323 e. The summed E-state index contributed by atoms with van der Waals surface area (Å²) in [5.74, 6) is -0.611. The van der Waals surface area contributed by atoms with E-state index in [9.17, 15) is 4.79 Å². The van der Waals surface area contributed by atoms with Crippen molar-refractivity contribution in [2.24, 2.45) is 22.3 Å². The van der Waals surface area contributed by atoms with Gasteiger partial charge in [0.15, 0.2) is 0 Å². The Labute approximate surface area is 179 Å². The lowest BCUT2D eigenvalue weighted by Gasteiger charge is -2.36. The summed E-state index contributed by atoms with van der Waals surface area (Å²) in [5, 5.41) is 12.6. The van der Waals surface area contributed by atoms with Crippen LogP contribution in [0.15, 0.2) is 35.4 Å². The summed E-state index contributed by atoms with van der Waals surface area (Å²) in [6, 6.07) is 9.67. The molecule has 1 atom stereocenters. The predicted molar refractivity (Wildman–Crippen MR) is 120 cm³/mol. The van der Waals surface area contributed by atoms with Crippen molar-refractivity contribution in [3.8, 4) is 0 Å². The quantitative estimate of drug-likeness (QED) is 0.133. The molecule has 0 heterocycles. The molecular formula is C21H37N7O2. The number of carbonyl (C=O) groups excluding carboxylic acids is 1. The van der Waals surface area contributed by atoms with Gasteiger partial charge in [-0.05, 0) is 52.5 Å². The summed E-state index contributed by atoms with van der Waals surface area (Å²) in [4.78, 5) is 15.1. The summed E-state index contributed by atoms with van der Waals surface area (Å²) in [5.41, 5.74) is 17.2. The zero-order valence-electron chi connectivity index (χ0n) is 18.5. The molecule has 1 rings (SSSR count). The Morgan fingerprint density at radius 3 is 2.17 bits per heavy atom. The molecular weight excluding hydrogens is 382 g/mol. The number of carbonyl (C=O) groups is 1. The van der Waals surface area contributed by atoms with Crippen LogP contribution in [0.4, 0.5) is 0 Å². The van der Waals surface area contributed by atoms with Crippen LogP contribution in [0.1, 0.15) is 52.5 Å². The molecule has 0 saturated heterocycles. The zero-order valence-corrected chi connectivity index (χ0v) is 18.5. The molecule has 9 heteroatoms. The summed E-state index contributed by atoms with van der Waals surface area (Å²) >= 11 is 0. The van der Waals surface area contributed by atoms with Crippen LogP contribution in [0.5, 0.6) is 0 Å². The molecule has 168 valence electrons. The van der Waals surface area contributed by atoms with Gasteiger partial charge in [-0.2, -0.15) is 0 Å². The highest BCUT2D eigenvalue weighted by molar-refractivity contribution is 5.80. The first-order valence-corrected chi connectivity index (χ1v) is 10.3. The Morgan fingerprint density at radius 2 is 1.67 bits per heavy atom.